The van der Waals surface area contributed by atoms with Crippen LogP contribution in [0.25, 0.3) is 0 Å². The molecule has 1 aromatic carbocycles. The predicted octanol–water partition coefficient (Wildman–Crippen LogP) is 2.90. The van der Waals surface area contributed by atoms with Gasteiger partial charge in [-0.2, -0.15) is 0 Å². The molecule has 158 valence electrons. The molecule has 0 saturated heterocycles. The van der Waals surface area contributed by atoms with Crippen molar-refractivity contribution in [3.63, 3.8) is 0 Å². The van der Waals surface area contributed by atoms with Crippen molar-refractivity contribution in [2.24, 2.45) is 17.6 Å². The molecule has 0 heterocycles. The van der Waals surface area contributed by atoms with Gasteiger partial charge in [-0.25, -0.2) is 0 Å². The van der Waals surface area contributed by atoms with Crippen LogP contribution in [-0.2, 0) is 4.79 Å². The second-order valence-electron chi connectivity index (χ2n) is 7.64. The molecule has 6 nitrogen and oxygen atoms in total. The van der Waals surface area contributed by atoms with Gasteiger partial charge >= 0.3 is 0 Å². The summed E-state index contributed by atoms with van der Waals surface area (Å²) in [5, 5.41) is 5.96. The van der Waals surface area contributed by atoms with E-state index in [2.05, 4.69) is 10.6 Å². The zero-order valence-electron chi connectivity index (χ0n) is 17.1. The lowest BCUT2D eigenvalue weighted by Crippen LogP contribution is -2.55. The van der Waals surface area contributed by atoms with Gasteiger partial charge in [0.1, 0.15) is 11.8 Å². The van der Waals surface area contributed by atoms with Crippen LogP contribution in [0.2, 0.25) is 0 Å². The molecule has 1 aromatic rings. The molecule has 4 N–H and O–H groups in total. The Morgan fingerprint density at radius 1 is 1.14 bits per heavy atom. The molecule has 2 atom stereocenters. The molecule has 1 aliphatic carbocycles. The minimum atomic E-state index is -0.625. The van der Waals surface area contributed by atoms with Gasteiger partial charge < -0.3 is 21.1 Å². The first-order valence-electron chi connectivity index (χ1n) is 9.92. The predicted molar refractivity (Wildman–Crippen MR) is 114 cm³/mol. The fourth-order valence-corrected chi connectivity index (χ4v) is 3.76. The van der Waals surface area contributed by atoms with E-state index < -0.39 is 6.04 Å². The van der Waals surface area contributed by atoms with Gasteiger partial charge in [0.25, 0.3) is 5.91 Å². The standard InChI is InChI=1S/C21H33N3O3.ClH/c1-14(2)19(24-20(25)16-11-7-8-12-18(16)27-3)21(26)23-17(13-22)15-9-5-4-6-10-15;/h7-8,11-12,14-15,17,19H,4-6,9-10,13,22H2,1-3H3,(H,23,26)(H,24,25);1H. The SMILES string of the molecule is COc1ccccc1C(=O)NC(C(=O)NC(CN)C1CCCCC1)C(C)C.Cl. The summed E-state index contributed by atoms with van der Waals surface area (Å²) in [6.45, 7) is 4.26. The summed E-state index contributed by atoms with van der Waals surface area (Å²) in [5.74, 6) is 0.372. The van der Waals surface area contributed by atoms with Crippen LogP contribution < -0.4 is 21.1 Å². The first-order chi connectivity index (χ1) is 13.0. The molecule has 28 heavy (non-hydrogen) atoms. The van der Waals surface area contributed by atoms with Gasteiger partial charge in [-0.15, -0.1) is 12.4 Å². The molecular weight excluding hydrogens is 378 g/mol. The summed E-state index contributed by atoms with van der Waals surface area (Å²) in [4.78, 5) is 25.6. The number of hydrogen-bond acceptors (Lipinski definition) is 4. The highest BCUT2D eigenvalue weighted by Crippen LogP contribution is 2.26. The maximum Gasteiger partial charge on any atom is 0.255 e. The number of hydrogen-bond donors (Lipinski definition) is 3. The molecule has 0 aliphatic heterocycles. The third kappa shape index (κ3) is 6.38. The Balaban J connectivity index is 0.00000392. The number of benzene rings is 1. The van der Waals surface area contributed by atoms with Gasteiger partial charge in [-0.1, -0.05) is 45.2 Å². The molecule has 0 aromatic heterocycles. The van der Waals surface area contributed by atoms with Crippen LogP contribution in [0.3, 0.4) is 0 Å². The smallest absolute Gasteiger partial charge is 0.255 e. The molecule has 2 rings (SSSR count). The fourth-order valence-electron chi connectivity index (χ4n) is 3.76. The Hall–Kier alpha value is -1.79. The van der Waals surface area contributed by atoms with Gasteiger partial charge in [0.05, 0.1) is 12.7 Å². The second-order valence-corrected chi connectivity index (χ2v) is 7.64. The van der Waals surface area contributed by atoms with Gasteiger partial charge in [0.2, 0.25) is 5.91 Å². The van der Waals surface area contributed by atoms with Crippen molar-refractivity contribution >= 4 is 24.2 Å². The second kappa shape index (κ2) is 11.9. The summed E-state index contributed by atoms with van der Waals surface area (Å²) in [6, 6.07) is 6.33. The highest BCUT2D eigenvalue weighted by atomic mass is 35.5. The Morgan fingerprint density at radius 2 is 1.79 bits per heavy atom. The number of carbonyl (C=O) groups is 2. The van der Waals surface area contributed by atoms with Crippen molar-refractivity contribution < 1.29 is 14.3 Å². The van der Waals surface area contributed by atoms with Gasteiger partial charge in [-0.3, -0.25) is 9.59 Å². The third-order valence-corrected chi connectivity index (χ3v) is 5.39. The van der Waals surface area contributed by atoms with E-state index in [9.17, 15) is 9.59 Å². The fraction of sp³-hybridized carbons (Fsp3) is 0.619. The molecule has 0 spiro atoms. The van der Waals surface area contributed by atoms with Crippen molar-refractivity contribution in [2.45, 2.75) is 58.0 Å². The molecule has 2 amide bonds. The van der Waals surface area contributed by atoms with Gasteiger partial charge in [-0.05, 0) is 36.8 Å². The van der Waals surface area contributed by atoms with Crippen LogP contribution in [-0.4, -0.2) is 37.6 Å². The number of amides is 2. The number of para-hydroxylation sites is 1. The molecule has 0 radical (unpaired) electrons. The third-order valence-electron chi connectivity index (χ3n) is 5.39. The largest absolute Gasteiger partial charge is 0.496 e. The van der Waals surface area contributed by atoms with E-state index in [0.717, 1.165) is 12.8 Å². The topological polar surface area (TPSA) is 93.4 Å². The number of nitrogens with one attached hydrogen (secondary N) is 2. The molecule has 2 unspecified atom stereocenters. The Bertz CT molecular complexity index is 633. The summed E-state index contributed by atoms with van der Waals surface area (Å²) >= 11 is 0. The Morgan fingerprint density at radius 3 is 2.36 bits per heavy atom. The number of rotatable bonds is 8. The van der Waals surface area contributed by atoms with Crippen molar-refractivity contribution in [1.82, 2.24) is 10.6 Å². The maximum absolute atomic E-state index is 12.9. The van der Waals surface area contributed by atoms with E-state index >= 15 is 0 Å². The van der Waals surface area contributed by atoms with Crippen molar-refractivity contribution in [3.05, 3.63) is 29.8 Å². The Labute approximate surface area is 174 Å². The van der Waals surface area contributed by atoms with Crippen LogP contribution in [0.5, 0.6) is 5.75 Å². The van der Waals surface area contributed by atoms with Crippen molar-refractivity contribution in [3.8, 4) is 5.75 Å². The molecule has 1 saturated carbocycles. The number of nitrogens with two attached hydrogens (primary N) is 1. The van der Waals surface area contributed by atoms with Crippen LogP contribution in [0.15, 0.2) is 24.3 Å². The minimum Gasteiger partial charge on any atom is -0.496 e. The zero-order valence-corrected chi connectivity index (χ0v) is 17.9. The normalized spacial score (nSPS) is 16.6. The van der Waals surface area contributed by atoms with E-state index in [4.69, 9.17) is 10.5 Å². The number of halogens is 1. The summed E-state index contributed by atoms with van der Waals surface area (Å²) in [6.07, 6.45) is 5.83. The van der Waals surface area contributed by atoms with E-state index in [-0.39, 0.29) is 36.2 Å². The first kappa shape index (κ1) is 24.2. The highest BCUT2D eigenvalue weighted by molar-refractivity contribution is 5.99. The maximum atomic E-state index is 12.9. The molecule has 1 fully saturated rings. The Kier molecular flexibility index (Phi) is 10.3. The lowest BCUT2D eigenvalue weighted by Gasteiger charge is -2.32. The summed E-state index contributed by atoms with van der Waals surface area (Å²) < 4.78 is 5.25. The van der Waals surface area contributed by atoms with E-state index in [0.29, 0.717) is 23.8 Å². The van der Waals surface area contributed by atoms with Crippen LogP contribution in [0.4, 0.5) is 0 Å². The average molecular weight is 412 g/mol. The number of ether oxygens (including phenoxy) is 1. The zero-order chi connectivity index (χ0) is 19.8. The quantitative estimate of drug-likeness (QED) is 0.613. The first-order valence-corrected chi connectivity index (χ1v) is 9.92. The van der Waals surface area contributed by atoms with E-state index in [1.807, 2.05) is 13.8 Å². The van der Waals surface area contributed by atoms with E-state index in [1.54, 1.807) is 24.3 Å². The minimum absolute atomic E-state index is 0. The van der Waals surface area contributed by atoms with Crippen LogP contribution >= 0.6 is 12.4 Å². The summed E-state index contributed by atoms with van der Waals surface area (Å²) in [5.41, 5.74) is 6.36. The lowest BCUT2D eigenvalue weighted by atomic mass is 9.83. The van der Waals surface area contributed by atoms with Crippen molar-refractivity contribution in [1.29, 1.82) is 0 Å². The van der Waals surface area contributed by atoms with Gasteiger partial charge in [0, 0.05) is 12.6 Å². The summed E-state index contributed by atoms with van der Waals surface area (Å²) in [7, 11) is 1.52. The van der Waals surface area contributed by atoms with Crippen LogP contribution in [0, 0.1) is 11.8 Å². The molecular formula is C21H34ClN3O3. The highest BCUT2D eigenvalue weighted by Gasteiger charge is 2.30. The molecule has 0 bridgehead atoms. The van der Waals surface area contributed by atoms with E-state index in [1.165, 1.54) is 26.4 Å². The van der Waals surface area contributed by atoms with Crippen LogP contribution in [0.1, 0.15) is 56.3 Å². The van der Waals surface area contributed by atoms with Crippen molar-refractivity contribution in [2.75, 3.05) is 13.7 Å². The monoisotopic (exact) mass is 411 g/mol. The average Bonchev–Trinajstić information content (AvgIpc) is 2.70. The number of carbonyl (C=O) groups excluding carboxylic acids is 2. The lowest BCUT2D eigenvalue weighted by molar-refractivity contribution is -0.125. The van der Waals surface area contributed by atoms with Gasteiger partial charge in [0.15, 0.2) is 0 Å². The number of methoxy groups -OCH3 is 1. The molecule has 1 aliphatic rings. The molecule has 7 heteroatoms.